The molecule has 20 atom stereocenters. The molecule has 0 aromatic carbocycles. The molecule has 0 saturated carbocycles. The van der Waals surface area contributed by atoms with Crippen molar-refractivity contribution >= 4 is 44.6 Å². The highest BCUT2D eigenvalue weighted by atomic mass is 32.3. The number of carboxylic acids is 2. The van der Waals surface area contributed by atoms with Crippen LogP contribution in [-0.4, -0.2) is 226 Å². The second kappa shape index (κ2) is 18.8. The van der Waals surface area contributed by atoms with Crippen LogP contribution < -0.4 is 10.6 Å². The average molecular weight is 919 g/mol. The van der Waals surface area contributed by atoms with Gasteiger partial charge in [0.05, 0.1) is 13.2 Å². The maximum absolute atomic E-state index is 12.7. The van der Waals surface area contributed by atoms with E-state index in [9.17, 15) is 86.0 Å². The molecule has 8 aliphatic rings. The van der Waals surface area contributed by atoms with Crippen LogP contribution in [0.5, 0.6) is 0 Å². The van der Waals surface area contributed by atoms with E-state index in [2.05, 4.69) is 19.0 Å². The van der Waals surface area contributed by atoms with E-state index >= 15 is 0 Å². The fourth-order valence-electron chi connectivity index (χ4n) is 7.17. The Morgan fingerprint density at radius 1 is 0.517 bits per heavy atom. The molecular formula is C28H42N2O28S2. The lowest BCUT2D eigenvalue weighted by Gasteiger charge is -2.52. The van der Waals surface area contributed by atoms with Crippen LogP contribution in [0.1, 0.15) is 13.8 Å². The Morgan fingerprint density at radius 2 is 0.833 bits per heavy atom. The SMILES string of the molecule is CC(=O)N[C@H]1[C@@H]2O[C@H]3[C@H](O)[C@@H](O)[C@H](O[C@@H]4[C@@H](NC(C)=O)[C@H](O[C@@H]5[C@H](O)[C@@H](O)[C@H](O[C@H]1[C@@H](OS(=O)(=O)O)[C@@H](CO)O2)O[C@@H]5C(=O)O)O[C@H](CO)[C@@H]4OS(=O)(=O)O)O[C@@H]3C(=O)O. The Hall–Kier alpha value is -2.94. The quantitative estimate of drug-likeness (QED) is 0.0905. The summed E-state index contributed by atoms with van der Waals surface area (Å²) in [5, 5.41) is 90.6. The highest BCUT2D eigenvalue weighted by molar-refractivity contribution is 7.81. The molecule has 8 heterocycles. The highest BCUT2D eigenvalue weighted by Gasteiger charge is 2.60. The van der Waals surface area contributed by atoms with Crippen molar-refractivity contribution in [3.05, 3.63) is 0 Å². The van der Waals surface area contributed by atoms with E-state index in [1.165, 1.54) is 0 Å². The molecule has 0 aromatic heterocycles. The van der Waals surface area contributed by atoms with Gasteiger partial charge in [-0.15, -0.1) is 0 Å². The van der Waals surface area contributed by atoms with Crippen molar-refractivity contribution < 1.29 is 132 Å². The first-order valence-electron chi connectivity index (χ1n) is 17.3. The molecule has 32 heteroatoms. The van der Waals surface area contributed by atoms with E-state index in [1.54, 1.807) is 0 Å². The molecule has 0 unspecified atom stereocenters. The lowest BCUT2D eigenvalue weighted by molar-refractivity contribution is -0.383. The van der Waals surface area contributed by atoms with Crippen LogP contribution in [0.2, 0.25) is 0 Å². The first-order chi connectivity index (χ1) is 27.8. The van der Waals surface area contributed by atoms with Crippen molar-refractivity contribution in [2.75, 3.05) is 13.2 Å². The lowest BCUT2D eigenvalue weighted by Crippen LogP contribution is -2.72. The van der Waals surface area contributed by atoms with E-state index in [1.807, 2.05) is 0 Å². The van der Waals surface area contributed by atoms with Crippen LogP contribution in [0, 0.1) is 0 Å². The number of aliphatic hydroxyl groups excluding tert-OH is 6. The van der Waals surface area contributed by atoms with Crippen molar-refractivity contribution in [3.63, 3.8) is 0 Å². The lowest BCUT2D eigenvalue weighted by atomic mass is 9.93. The average Bonchev–Trinajstić information content (AvgIpc) is 3.12. The minimum atomic E-state index is -5.58. The van der Waals surface area contributed by atoms with Gasteiger partial charge >= 0.3 is 32.7 Å². The summed E-state index contributed by atoms with van der Waals surface area (Å²) >= 11 is 0. The van der Waals surface area contributed by atoms with Gasteiger partial charge in [-0.3, -0.25) is 18.7 Å². The third-order valence-corrected chi connectivity index (χ3v) is 10.5. The summed E-state index contributed by atoms with van der Waals surface area (Å²) in [5.41, 5.74) is 0. The Morgan fingerprint density at radius 3 is 1.10 bits per heavy atom. The molecule has 60 heavy (non-hydrogen) atoms. The predicted molar refractivity (Wildman–Crippen MR) is 176 cm³/mol. The first kappa shape index (κ1) is 48.1. The smallest absolute Gasteiger partial charge is 0.397 e. The van der Waals surface area contributed by atoms with Crippen LogP contribution in [0.15, 0.2) is 0 Å². The van der Waals surface area contributed by atoms with Crippen LogP contribution in [0.3, 0.4) is 0 Å². The summed E-state index contributed by atoms with van der Waals surface area (Å²) in [6.45, 7) is -0.832. The second-order valence-electron chi connectivity index (χ2n) is 13.8. The number of amides is 2. The standard InChI is InChI=1S/C28H42N2O28S2/c1-5(33)29-9-17-15(57-59(43,44)45)7(3-31)49-25(9)53-19-11(35)14(38)28(56-21(19)23(39)40)52-18-10(30-6(2)34)26(50-8(4-32)16(18)58-60(46,47)48)54-20-12(36)13(37)27(51-17)55-22(20)24(41)42/h7-22,25-28,31-32,35-38H,3-4H2,1-2H3,(H,29,33)(H,30,34)(H,39,40)(H,41,42)(H,43,44,45)(H,46,47,48)/t7-,8-,9-,10-,11-,12-,13-,14-,15+,16+,17-,18-,19-,20+,21+,22+,25+,26+,27-,28-/m1/s1. The largest absolute Gasteiger partial charge is 0.479 e. The van der Waals surface area contributed by atoms with Gasteiger partial charge in [-0.2, -0.15) is 16.8 Å². The normalized spacial score (nSPS) is 43.9. The third kappa shape index (κ3) is 10.6. The fourth-order valence-corrected chi connectivity index (χ4v) is 8.19. The Labute approximate surface area is 336 Å². The maximum Gasteiger partial charge on any atom is 0.397 e. The van der Waals surface area contributed by atoms with Gasteiger partial charge in [0.25, 0.3) is 0 Å². The molecule has 12 N–H and O–H groups in total. The molecule has 8 aliphatic heterocycles. The van der Waals surface area contributed by atoms with Crippen LogP contribution >= 0.6 is 0 Å². The van der Waals surface area contributed by atoms with E-state index in [-0.39, 0.29) is 0 Å². The van der Waals surface area contributed by atoms with Gasteiger partial charge in [-0.25, -0.2) is 18.0 Å². The Balaban J connectivity index is 1.73. The summed E-state index contributed by atoms with van der Waals surface area (Å²) in [7, 11) is -11.2. The number of ether oxygens (including phenoxy) is 8. The summed E-state index contributed by atoms with van der Waals surface area (Å²) in [6, 6.07) is -4.15. The number of hydrogen-bond acceptors (Lipinski definition) is 24. The van der Waals surface area contributed by atoms with Crippen molar-refractivity contribution in [2.24, 2.45) is 0 Å². The van der Waals surface area contributed by atoms with Crippen molar-refractivity contribution in [1.82, 2.24) is 10.6 Å². The van der Waals surface area contributed by atoms with Gasteiger partial charge in [0.2, 0.25) is 11.8 Å². The zero-order valence-electron chi connectivity index (χ0n) is 30.6. The molecule has 0 aromatic rings. The fraction of sp³-hybridized carbons (Fsp3) is 0.857. The minimum absolute atomic E-state index is 0.860. The number of carboxylic acid groups (broad SMARTS) is 2. The van der Waals surface area contributed by atoms with Crippen LogP contribution in [0.25, 0.3) is 0 Å². The van der Waals surface area contributed by atoms with E-state index in [0.29, 0.717) is 0 Å². The van der Waals surface area contributed by atoms with Gasteiger partial charge < -0.3 is 89.4 Å². The zero-order valence-corrected chi connectivity index (χ0v) is 32.2. The van der Waals surface area contributed by atoms with Crippen molar-refractivity contribution in [3.8, 4) is 0 Å². The van der Waals surface area contributed by atoms with Gasteiger partial charge in [-0.1, -0.05) is 0 Å². The zero-order chi connectivity index (χ0) is 44.8. The molecule has 8 rings (SSSR count). The molecule has 0 spiro atoms. The maximum atomic E-state index is 12.7. The van der Waals surface area contributed by atoms with Crippen LogP contribution in [-0.2, 0) is 86.2 Å². The number of carbonyl (C=O) groups excluding carboxylic acids is 2. The molecule has 30 nitrogen and oxygen atoms in total. The first-order valence-corrected chi connectivity index (χ1v) is 20.1. The van der Waals surface area contributed by atoms with Crippen molar-refractivity contribution in [2.45, 2.75) is 137 Å². The summed E-state index contributed by atoms with van der Waals surface area (Å²) < 4.78 is 122. The molecule has 0 radical (unpaired) electrons. The number of hydrogen-bond donors (Lipinski definition) is 12. The molecular weight excluding hydrogens is 876 g/mol. The number of carbonyl (C=O) groups is 4. The molecule has 8 saturated heterocycles. The second-order valence-corrected chi connectivity index (χ2v) is 15.9. The number of nitrogens with one attached hydrogen (secondary N) is 2. The minimum Gasteiger partial charge on any atom is -0.479 e. The molecule has 344 valence electrons. The molecule has 8 fully saturated rings. The summed E-state index contributed by atoms with van der Waals surface area (Å²) in [5.74, 6) is -6.05. The predicted octanol–water partition coefficient (Wildman–Crippen LogP) is -8.58. The summed E-state index contributed by atoms with van der Waals surface area (Å²) in [4.78, 5) is 50.4. The van der Waals surface area contributed by atoms with E-state index in [0.717, 1.165) is 13.8 Å². The molecule has 2 amide bonds. The topological polar surface area (TPSA) is 455 Å². The van der Waals surface area contributed by atoms with E-state index < -0.39 is 180 Å². The van der Waals surface area contributed by atoms with Crippen LogP contribution in [0.4, 0.5) is 0 Å². The summed E-state index contributed by atoms with van der Waals surface area (Å²) in [6.07, 6.45) is -42.3. The number of aliphatic hydroxyl groups is 6. The van der Waals surface area contributed by atoms with Crippen molar-refractivity contribution in [1.29, 1.82) is 0 Å². The third-order valence-electron chi connectivity index (χ3n) is 9.60. The highest BCUT2D eigenvalue weighted by Crippen LogP contribution is 2.38. The monoisotopic (exact) mass is 918 g/mol. The Kier molecular flexibility index (Phi) is 15.1. The molecule has 0 aliphatic carbocycles. The molecule has 8 bridgehead atoms. The van der Waals surface area contributed by atoms with Gasteiger partial charge in [0.1, 0.15) is 85.3 Å². The number of rotatable bonds is 10. The van der Waals surface area contributed by atoms with Gasteiger partial charge in [0, 0.05) is 13.8 Å². The number of aliphatic carboxylic acids is 2. The van der Waals surface area contributed by atoms with E-state index in [4.69, 9.17) is 37.9 Å². The van der Waals surface area contributed by atoms with Gasteiger partial charge in [0.15, 0.2) is 37.4 Å². The van der Waals surface area contributed by atoms with Gasteiger partial charge in [-0.05, 0) is 0 Å². The Bertz CT molecular complexity index is 1680.